The number of hydrogen-bond donors (Lipinski definition) is 1. The summed E-state index contributed by atoms with van der Waals surface area (Å²) in [7, 11) is 0. The van der Waals surface area contributed by atoms with Crippen molar-refractivity contribution in [2.24, 2.45) is 0 Å². The molecule has 1 aromatic heterocycles. The first-order chi connectivity index (χ1) is 10.1. The van der Waals surface area contributed by atoms with E-state index in [4.69, 9.17) is 22.1 Å². The number of ether oxygens (including phenoxy) is 1. The van der Waals surface area contributed by atoms with E-state index in [0.29, 0.717) is 16.5 Å². The molecule has 7 heteroatoms. The summed E-state index contributed by atoms with van der Waals surface area (Å²) >= 11 is 6.04. The monoisotopic (exact) mass is 309 g/mol. The van der Waals surface area contributed by atoms with Crippen LogP contribution < -0.4 is 5.73 Å². The third-order valence-corrected chi connectivity index (χ3v) is 3.37. The van der Waals surface area contributed by atoms with Crippen molar-refractivity contribution >= 4 is 17.3 Å². The van der Waals surface area contributed by atoms with Crippen LogP contribution in [0.3, 0.4) is 0 Å². The van der Waals surface area contributed by atoms with Crippen LogP contribution in [0.4, 0.5) is 5.69 Å². The summed E-state index contributed by atoms with van der Waals surface area (Å²) < 4.78 is 7.26. The second kappa shape index (κ2) is 7.38. The lowest BCUT2D eigenvalue weighted by Gasteiger charge is -2.09. The van der Waals surface area contributed by atoms with Crippen molar-refractivity contribution in [2.45, 2.75) is 39.3 Å². The molecule has 0 unspecified atom stereocenters. The Labute approximate surface area is 129 Å². The van der Waals surface area contributed by atoms with Gasteiger partial charge in [-0.15, -0.1) is 5.10 Å². The minimum absolute atomic E-state index is 0.264. The van der Waals surface area contributed by atoms with Crippen LogP contribution in [0.5, 0.6) is 0 Å². The molecule has 0 fully saturated rings. The number of benzene rings is 1. The molecule has 0 saturated carbocycles. The number of para-hydroxylation sites is 1. The van der Waals surface area contributed by atoms with Crippen LogP contribution in [0.15, 0.2) is 18.2 Å². The van der Waals surface area contributed by atoms with Crippen molar-refractivity contribution < 1.29 is 4.74 Å². The van der Waals surface area contributed by atoms with Crippen molar-refractivity contribution in [3.8, 4) is 11.4 Å². The van der Waals surface area contributed by atoms with Gasteiger partial charge in [-0.25, -0.2) is 4.68 Å². The standard InChI is InChI=1S/C14H20ClN5O/c1-10(2)21-9-4-3-8-20-14(17-18-19-20)11-6-5-7-12(15)13(11)16/h5-7,10H,3-4,8-9,16H2,1-2H3. The van der Waals surface area contributed by atoms with Crippen molar-refractivity contribution in [2.75, 3.05) is 12.3 Å². The number of unbranched alkanes of at least 4 members (excludes halogenated alkanes) is 1. The van der Waals surface area contributed by atoms with E-state index in [1.165, 1.54) is 0 Å². The van der Waals surface area contributed by atoms with E-state index in [-0.39, 0.29) is 6.10 Å². The highest BCUT2D eigenvalue weighted by atomic mass is 35.5. The number of nitrogen functional groups attached to an aromatic ring is 1. The number of anilines is 1. The summed E-state index contributed by atoms with van der Waals surface area (Å²) in [5.41, 5.74) is 7.25. The first-order valence-electron chi connectivity index (χ1n) is 7.01. The van der Waals surface area contributed by atoms with Gasteiger partial charge in [-0.3, -0.25) is 0 Å². The largest absolute Gasteiger partial charge is 0.397 e. The van der Waals surface area contributed by atoms with Crippen molar-refractivity contribution in [3.63, 3.8) is 0 Å². The minimum atomic E-state index is 0.264. The Morgan fingerprint density at radius 1 is 1.33 bits per heavy atom. The van der Waals surface area contributed by atoms with Crippen LogP contribution in [0.1, 0.15) is 26.7 Å². The van der Waals surface area contributed by atoms with Crippen LogP contribution in [0.25, 0.3) is 11.4 Å². The number of aromatic nitrogens is 4. The Balaban J connectivity index is 2.00. The fourth-order valence-electron chi connectivity index (χ4n) is 1.96. The molecule has 0 amide bonds. The average molecular weight is 310 g/mol. The van der Waals surface area contributed by atoms with Crippen LogP contribution in [-0.2, 0) is 11.3 Å². The molecule has 0 atom stereocenters. The second-order valence-corrected chi connectivity index (χ2v) is 5.46. The molecule has 0 radical (unpaired) electrons. The molecule has 2 N–H and O–H groups in total. The van der Waals surface area contributed by atoms with Gasteiger partial charge in [-0.05, 0) is 49.2 Å². The quantitative estimate of drug-likeness (QED) is 0.628. The lowest BCUT2D eigenvalue weighted by atomic mass is 10.1. The molecule has 21 heavy (non-hydrogen) atoms. The first-order valence-corrected chi connectivity index (χ1v) is 7.39. The van der Waals surface area contributed by atoms with Gasteiger partial charge >= 0.3 is 0 Å². The summed E-state index contributed by atoms with van der Waals surface area (Å²) in [6, 6.07) is 5.45. The average Bonchev–Trinajstić information content (AvgIpc) is 2.89. The fourth-order valence-corrected chi connectivity index (χ4v) is 2.14. The first kappa shape index (κ1) is 15.7. The highest BCUT2D eigenvalue weighted by Gasteiger charge is 2.13. The zero-order chi connectivity index (χ0) is 15.2. The highest BCUT2D eigenvalue weighted by molar-refractivity contribution is 6.33. The third kappa shape index (κ3) is 4.15. The van der Waals surface area contributed by atoms with E-state index in [9.17, 15) is 0 Å². The Kier molecular flexibility index (Phi) is 5.52. The predicted molar refractivity (Wildman–Crippen MR) is 83.0 cm³/mol. The molecule has 0 spiro atoms. The summed E-state index contributed by atoms with van der Waals surface area (Å²) in [5, 5.41) is 12.3. The van der Waals surface area contributed by atoms with Gasteiger partial charge in [0.05, 0.1) is 16.8 Å². The van der Waals surface area contributed by atoms with Gasteiger partial charge in [0.25, 0.3) is 0 Å². The van der Waals surface area contributed by atoms with Crippen LogP contribution in [-0.4, -0.2) is 32.9 Å². The minimum Gasteiger partial charge on any atom is -0.397 e. The molecule has 2 aromatic rings. The van der Waals surface area contributed by atoms with E-state index in [0.717, 1.165) is 31.6 Å². The number of halogens is 1. The number of hydrogen-bond acceptors (Lipinski definition) is 5. The van der Waals surface area contributed by atoms with E-state index >= 15 is 0 Å². The van der Waals surface area contributed by atoms with Crippen LogP contribution in [0.2, 0.25) is 5.02 Å². The molecule has 2 rings (SSSR count). The molecular formula is C14H20ClN5O. The Bertz CT molecular complexity index is 584. The Morgan fingerprint density at radius 3 is 2.90 bits per heavy atom. The molecule has 0 saturated heterocycles. The van der Waals surface area contributed by atoms with Gasteiger partial charge < -0.3 is 10.5 Å². The lowest BCUT2D eigenvalue weighted by molar-refractivity contribution is 0.0753. The van der Waals surface area contributed by atoms with Gasteiger partial charge in [0.2, 0.25) is 0 Å². The fraction of sp³-hybridized carbons (Fsp3) is 0.500. The van der Waals surface area contributed by atoms with E-state index in [1.54, 1.807) is 10.7 Å². The van der Waals surface area contributed by atoms with Crippen molar-refractivity contribution in [1.82, 2.24) is 20.2 Å². The topological polar surface area (TPSA) is 78.8 Å². The third-order valence-electron chi connectivity index (χ3n) is 3.04. The van der Waals surface area contributed by atoms with Crippen molar-refractivity contribution in [1.29, 1.82) is 0 Å². The van der Waals surface area contributed by atoms with Gasteiger partial charge in [0.1, 0.15) is 0 Å². The van der Waals surface area contributed by atoms with E-state index in [2.05, 4.69) is 15.5 Å². The van der Waals surface area contributed by atoms with Gasteiger partial charge in [0, 0.05) is 18.7 Å². The molecule has 0 aliphatic carbocycles. The number of nitrogens with zero attached hydrogens (tertiary/aromatic N) is 4. The summed E-state index contributed by atoms with van der Waals surface area (Å²) in [6.07, 6.45) is 2.16. The molecule has 0 aliphatic heterocycles. The predicted octanol–water partition coefficient (Wildman–Crippen LogP) is 2.78. The van der Waals surface area contributed by atoms with Crippen LogP contribution >= 0.6 is 11.6 Å². The zero-order valence-corrected chi connectivity index (χ0v) is 13.0. The zero-order valence-electron chi connectivity index (χ0n) is 12.3. The maximum Gasteiger partial charge on any atom is 0.184 e. The number of aryl methyl sites for hydroxylation is 1. The molecule has 1 heterocycles. The Hall–Kier alpha value is -1.66. The highest BCUT2D eigenvalue weighted by Crippen LogP contribution is 2.29. The van der Waals surface area contributed by atoms with Gasteiger partial charge in [0.15, 0.2) is 5.82 Å². The SMILES string of the molecule is CC(C)OCCCCn1nnnc1-c1cccc(Cl)c1N. The summed E-state index contributed by atoms with van der Waals surface area (Å²) in [5.74, 6) is 0.639. The lowest BCUT2D eigenvalue weighted by Crippen LogP contribution is -2.07. The van der Waals surface area contributed by atoms with Gasteiger partial charge in [-0.2, -0.15) is 0 Å². The maximum atomic E-state index is 6.04. The number of rotatable bonds is 7. The Morgan fingerprint density at radius 2 is 2.14 bits per heavy atom. The summed E-state index contributed by atoms with van der Waals surface area (Å²) in [4.78, 5) is 0. The second-order valence-electron chi connectivity index (χ2n) is 5.05. The maximum absolute atomic E-state index is 6.04. The molecule has 6 nitrogen and oxygen atoms in total. The number of tetrazole rings is 1. The smallest absolute Gasteiger partial charge is 0.184 e. The molecule has 0 aliphatic rings. The van der Waals surface area contributed by atoms with Crippen LogP contribution in [0, 0.1) is 0 Å². The van der Waals surface area contributed by atoms with Crippen molar-refractivity contribution in [3.05, 3.63) is 23.2 Å². The normalized spacial score (nSPS) is 11.2. The number of nitrogens with two attached hydrogens (primary N) is 1. The molecule has 114 valence electrons. The molecule has 1 aromatic carbocycles. The summed E-state index contributed by atoms with van der Waals surface area (Å²) in [6.45, 7) is 5.52. The molecule has 0 bridgehead atoms. The van der Waals surface area contributed by atoms with E-state index < -0.39 is 0 Å². The molecular weight excluding hydrogens is 290 g/mol. The van der Waals surface area contributed by atoms with Gasteiger partial charge in [-0.1, -0.05) is 17.7 Å². The van der Waals surface area contributed by atoms with E-state index in [1.807, 2.05) is 26.0 Å².